The third kappa shape index (κ3) is 3.11. The van der Waals surface area contributed by atoms with Gasteiger partial charge in [-0.1, -0.05) is 35.7 Å². The lowest BCUT2D eigenvalue weighted by Gasteiger charge is -2.02. The molecule has 0 saturated heterocycles. The minimum Gasteiger partial charge on any atom is -0.392 e. The number of anilines is 1. The molecule has 8 heteroatoms. The van der Waals surface area contributed by atoms with Gasteiger partial charge in [0.2, 0.25) is 10.0 Å². The zero-order valence-corrected chi connectivity index (χ0v) is 11.0. The Morgan fingerprint density at radius 1 is 1.47 bits per heavy atom. The van der Waals surface area contributed by atoms with E-state index in [9.17, 15) is 8.42 Å². The smallest absolute Gasteiger partial charge is 0.241 e. The van der Waals surface area contributed by atoms with Crippen LogP contribution in [0.25, 0.3) is 10.2 Å². The molecule has 0 unspecified atom stereocenters. The number of para-hydroxylation sites is 1. The first kappa shape index (κ1) is 12.2. The lowest BCUT2D eigenvalue weighted by atomic mass is 10.3. The van der Waals surface area contributed by atoms with Crippen molar-refractivity contribution in [3.63, 3.8) is 0 Å². The molecule has 0 aliphatic carbocycles. The number of sulfonamides is 1. The van der Waals surface area contributed by atoms with Crippen LogP contribution in [-0.4, -0.2) is 24.1 Å². The molecule has 0 aliphatic heterocycles. The zero-order valence-electron chi connectivity index (χ0n) is 8.58. The number of thiocarbonyl (C=S) groups is 1. The van der Waals surface area contributed by atoms with Gasteiger partial charge in [-0.3, -0.25) is 4.72 Å². The van der Waals surface area contributed by atoms with Gasteiger partial charge in [-0.05, 0) is 12.1 Å². The van der Waals surface area contributed by atoms with Crippen molar-refractivity contribution in [1.29, 1.82) is 0 Å². The second-order valence-corrected chi connectivity index (χ2v) is 6.59. The molecule has 2 rings (SSSR count). The summed E-state index contributed by atoms with van der Waals surface area (Å²) in [5.74, 6) is -0.377. The van der Waals surface area contributed by atoms with Crippen molar-refractivity contribution >= 4 is 53.9 Å². The summed E-state index contributed by atoms with van der Waals surface area (Å²) in [6.07, 6.45) is 0. The summed E-state index contributed by atoms with van der Waals surface area (Å²) in [4.78, 5) is 4.08. The van der Waals surface area contributed by atoms with Gasteiger partial charge in [-0.2, -0.15) is 0 Å². The van der Waals surface area contributed by atoms with E-state index in [1.165, 1.54) is 11.3 Å². The van der Waals surface area contributed by atoms with E-state index >= 15 is 0 Å². The van der Waals surface area contributed by atoms with Crippen LogP contribution in [0.15, 0.2) is 24.3 Å². The molecule has 17 heavy (non-hydrogen) atoms. The number of rotatable bonds is 4. The molecule has 3 N–H and O–H groups in total. The van der Waals surface area contributed by atoms with Crippen molar-refractivity contribution in [2.24, 2.45) is 5.73 Å². The number of nitrogens with two attached hydrogens (primary N) is 1. The molecule has 0 amide bonds. The molecule has 1 aromatic carbocycles. The first-order valence-electron chi connectivity index (χ1n) is 4.61. The first-order valence-corrected chi connectivity index (χ1v) is 7.48. The largest absolute Gasteiger partial charge is 0.392 e. The maximum absolute atomic E-state index is 11.6. The Morgan fingerprint density at radius 3 is 2.82 bits per heavy atom. The van der Waals surface area contributed by atoms with Gasteiger partial charge in [0.15, 0.2) is 5.13 Å². The van der Waals surface area contributed by atoms with Crippen molar-refractivity contribution in [2.45, 2.75) is 0 Å². The average Bonchev–Trinajstić information content (AvgIpc) is 2.55. The van der Waals surface area contributed by atoms with E-state index in [1.54, 1.807) is 0 Å². The highest BCUT2D eigenvalue weighted by atomic mass is 32.2. The fraction of sp³-hybridized carbons (Fsp3) is 0.111. The second kappa shape index (κ2) is 4.55. The van der Waals surface area contributed by atoms with E-state index in [2.05, 4.69) is 21.9 Å². The molecule has 1 aromatic heterocycles. The molecule has 0 saturated carbocycles. The van der Waals surface area contributed by atoms with Gasteiger partial charge in [-0.25, -0.2) is 13.4 Å². The topological polar surface area (TPSA) is 85.1 Å². The fourth-order valence-electron chi connectivity index (χ4n) is 1.27. The van der Waals surface area contributed by atoms with Crippen LogP contribution in [0.4, 0.5) is 5.13 Å². The maximum atomic E-state index is 11.6. The summed E-state index contributed by atoms with van der Waals surface area (Å²) in [7, 11) is -3.55. The lowest BCUT2D eigenvalue weighted by Crippen LogP contribution is -2.26. The molecule has 0 fully saturated rings. The van der Waals surface area contributed by atoms with Crippen LogP contribution in [-0.2, 0) is 10.0 Å². The summed E-state index contributed by atoms with van der Waals surface area (Å²) >= 11 is 5.83. The summed E-state index contributed by atoms with van der Waals surface area (Å²) in [5, 5.41) is 0.322. The van der Waals surface area contributed by atoms with Gasteiger partial charge >= 0.3 is 0 Å². The number of hydrogen-bond donors (Lipinski definition) is 2. The Balaban J connectivity index is 2.27. The average molecular weight is 287 g/mol. The van der Waals surface area contributed by atoms with E-state index in [0.717, 1.165) is 10.2 Å². The number of fused-ring (bicyclic) bond motifs is 1. The van der Waals surface area contributed by atoms with Crippen LogP contribution >= 0.6 is 23.6 Å². The van der Waals surface area contributed by atoms with Gasteiger partial charge in [-0.15, -0.1) is 0 Å². The number of aromatic nitrogens is 1. The van der Waals surface area contributed by atoms with E-state index in [0.29, 0.717) is 5.13 Å². The van der Waals surface area contributed by atoms with Crippen molar-refractivity contribution in [3.05, 3.63) is 24.3 Å². The fourth-order valence-corrected chi connectivity index (χ4v) is 3.76. The summed E-state index contributed by atoms with van der Waals surface area (Å²) in [6.45, 7) is 0. The van der Waals surface area contributed by atoms with Crippen molar-refractivity contribution in [2.75, 3.05) is 10.5 Å². The quantitative estimate of drug-likeness (QED) is 0.829. The summed E-state index contributed by atoms with van der Waals surface area (Å²) < 4.78 is 26.4. The molecular formula is C9H9N3O2S3. The third-order valence-electron chi connectivity index (χ3n) is 1.87. The van der Waals surface area contributed by atoms with Crippen molar-refractivity contribution in [3.8, 4) is 0 Å². The Kier molecular flexibility index (Phi) is 3.27. The normalized spacial score (nSPS) is 11.5. The van der Waals surface area contributed by atoms with Crippen LogP contribution < -0.4 is 10.5 Å². The van der Waals surface area contributed by atoms with E-state index in [-0.39, 0.29) is 10.7 Å². The van der Waals surface area contributed by atoms with Crippen LogP contribution in [0.3, 0.4) is 0 Å². The lowest BCUT2D eigenvalue weighted by molar-refractivity contribution is 0.605. The monoisotopic (exact) mass is 287 g/mol. The minimum atomic E-state index is -3.55. The maximum Gasteiger partial charge on any atom is 0.241 e. The first-order chi connectivity index (χ1) is 7.96. The van der Waals surface area contributed by atoms with Crippen LogP contribution in [0.5, 0.6) is 0 Å². The van der Waals surface area contributed by atoms with Crippen LogP contribution in [0.2, 0.25) is 0 Å². The Labute approximate surface area is 108 Å². The van der Waals surface area contributed by atoms with Gasteiger partial charge in [0, 0.05) is 0 Å². The molecule has 0 aliphatic rings. The molecule has 0 bridgehead atoms. The molecule has 90 valence electrons. The number of thiazole rings is 1. The Bertz CT molecular complexity index is 630. The molecule has 2 aromatic rings. The predicted molar refractivity (Wildman–Crippen MR) is 73.8 cm³/mol. The highest BCUT2D eigenvalue weighted by Crippen LogP contribution is 2.25. The number of nitrogens with one attached hydrogen (secondary N) is 1. The summed E-state index contributed by atoms with van der Waals surface area (Å²) in [5.41, 5.74) is 5.96. The third-order valence-corrected chi connectivity index (χ3v) is 4.47. The van der Waals surface area contributed by atoms with E-state index < -0.39 is 10.0 Å². The van der Waals surface area contributed by atoms with Gasteiger partial charge in [0.1, 0.15) is 5.75 Å². The predicted octanol–water partition coefficient (Wildman–Crippen LogP) is 1.32. The van der Waals surface area contributed by atoms with E-state index in [4.69, 9.17) is 5.73 Å². The standard InChI is InChI=1S/C9H9N3O2S3/c10-8(15)5-17(13,14)12-9-11-6-3-1-2-4-7(6)16-9/h1-4H,5H2,(H2,10,15)(H,11,12). The van der Waals surface area contributed by atoms with Crippen LogP contribution in [0, 0.1) is 0 Å². The van der Waals surface area contributed by atoms with E-state index in [1.807, 2.05) is 24.3 Å². The number of nitrogens with zero attached hydrogens (tertiary/aromatic N) is 1. The zero-order chi connectivity index (χ0) is 12.5. The SMILES string of the molecule is NC(=S)CS(=O)(=O)Nc1nc2ccccc2s1. The Morgan fingerprint density at radius 2 is 2.18 bits per heavy atom. The van der Waals surface area contributed by atoms with Crippen LogP contribution in [0.1, 0.15) is 0 Å². The highest BCUT2D eigenvalue weighted by molar-refractivity contribution is 7.95. The molecule has 0 atom stereocenters. The molecular weight excluding hydrogens is 278 g/mol. The van der Waals surface area contributed by atoms with Gasteiger partial charge < -0.3 is 5.73 Å². The van der Waals surface area contributed by atoms with Gasteiger partial charge in [0.05, 0.1) is 15.2 Å². The Hall–Kier alpha value is -1.25. The molecule has 5 nitrogen and oxygen atoms in total. The molecule has 1 heterocycles. The number of hydrogen-bond acceptors (Lipinski definition) is 5. The minimum absolute atomic E-state index is 0.0707. The molecule has 0 spiro atoms. The van der Waals surface area contributed by atoms with Crippen molar-refractivity contribution < 1.29 is 8.42 Å². The van der Waals surface area contributed by atoms with Crippen molar-refractivity contribution in [1.82, 2.24) is 4.98 Å². The molecule has 0 radical (unpaired) electrons. The second-order valence-electron chi connectivity index (χ2n) is 3.31. The van der Waals surface area contributed by atoms with Gasteiger partial charge in [0.25, 0.3) is 0 Å². The highest BCUT2D eigenvalue weighted by Gasteiger charge is 2.14. The summed E-state index contributed by atoms with van der Waals surface area (Å²) in [6, 6.07) is 7.40. The number of benzene rings is 1.